The summed E-state index contributed by atoms with van der Waals surface area (Å²) in [5.41, 5.74) is 5.69. The molecule has 0 unspecified atom stereocenters. The van der Waals surface area contributed by atoms with Crippen LogP contribution in [0.4, 0.5) is 10.1 Å². The second-order valence-electron chi connectivity index (χ2n) is 4.37. The topological polar surface area (TPSA) is 77.0 Å². The summed E-state index contributed by atoms with van der Waals surface area (Å²) in [6.07, 6.45) is 1.63. The van der Waals surface area contributed by atoms with Gasteiger partial charge in [-0.1, -0.05) is 6.07 Å². The van der Waals surface area contributed by atoms with Gasteiger partial charge in [-0.05, 0) is 12.1 Å². The second-order valence-corrected chi connectivity index (χ2v) is 4.37. The van der Waals surface area contributed by atoms with Crippen LogP contribution in [0.5, 0.6) is 0 Å². The Labute approximate surface area is 108 Å². The van der Waals surface area contributed by atoms with Crippen molar-refractivity contribution in [3.8, 4) is 0 Å². The standard InChI is InChI=1S/C12H12FN5O/c13-9-3-1-2-8(11(9)14)12(19)17-4-5-18-7-15-16-10(18)6-17/h1-3,7H,4-6,14H2. The van der Waals surface area contributed by atoms with Crippen LogP contribution in [-0.4, -0.2) is 32.1 Å². The summed E-state index contributed by atoms with van der Waals surface area (Å²) in [6, 6.07) is 4.24. The van der Waals surface area contributed by atoms with E-state index in [0.29, 0.717) is 19.6 Å². The van der Waals surface area contributed by atoms with E-state index in [4.69, 9.17) is 5.73 Å². The maximum atomic E-state index is 13.4. The van der Waals surface area contributed by atoms with E-state index in [1.54, 1.807) is 11.2 Å². The summed E-state index contributed by atoms with van der Waals surface area (Å²) < 4.78 is 15.3. The Balaban J connectivity index is 1.88. The number of amides is 1. The fourth-order valence-corrected chi connectivity index (χ4v) is 2.13. The molecular formula is C12H12FN5O. The summed E-state index contributed by atoms with van der Waals surface area (Å²) in [4.78, 5) is 13.9. The number of aromatic nitrogens is 3. The summed E-state index contributed by atoms with van der Waals surface area (Å²) in [6.45, 7) is 1.51. The van der Waals surface area contributed by atoms with Gasteiger partial charge in [0.15, 0.2) is 5.82 Å². The summed E-state index contributed by atoms with van der Waals surface area (Å²) in [5, 5.41) is 7.73. The fraction of sp³-hybridized carbons (Fsp3) is 0.250. The third-order valence-corrected chi connectivity index (χ3v) is 3.21. The lowest BCUT2D eigenvalue weighted by Crippen LogP contribution is -2.38. The first-order valence-corrected chi connectivity index (χ1v) is 5.87. The lowest BCUT2D eigenvalue weighted by Gasteiger charge is -2.27. The molecule has 0 fully saturated rings. The van der Waals surface area contributed by atoms with Crippen molar-refractivity contribution in [3.63, 3.8) is 0 Å². The number of nitrogens with zero attached hydrogens (tertiary/aromatic N) is 4. The molecular weight excluding hydrogens is 249 g/mol. The Bertz CT molecular complexity index is 639. The zero-order valence-electron chi connectivity index (χ0n) is 10.1. The molecule has 98 valence electrons. The monoisotopic (exact) mass is 261 g/mol. The minimum atomic E-state index is -0.578. The van der Waals surface area contributed by atoms with Crippen LogP contribution in [0.3, 0.4) is 0 Å². The lowest BCUT2D eigenvalue weighted by atomic mass is 10.1. The molecule has 19 heavy (non-hydrogen) atoms. The highest BCUT2D eigenvalue weighted by Gasteiger charge is 2.24. The SMILES string of the molecule is Nc1c(F)cccc1C(=O)N1CCn2cnnc2C1. The third-order valence-electron chi connectivity index (χ3n) is 3.21. The molecule has 0 spiro atoms. The van der Waals surface area contributed by atoms with Crippen molar-refractivity contribution in [3.05, 3.63) is 41.7 Å². The predicted octanol–water partition coefficient (Wildman–Crippen LogP) is 0.655. The van der Waals surface area contributed by atoms with Crippen LogP contribution in [0.15, 0.2) is 24.5 Å². The highest BCUT2D eigenvalue weighted by Crippen LogP contribution is 2.20. The van der Waals surface area contributed by atoms with Crippen molar-refractivity contribution in [1.29, 1.82) is 0 Å². The summed E-state index contributed by atoms with van der Waals surface area (Å²) in [5.74, 6) is -0.146. The normalized spacial score (nSPS) is 14.3. The van der Waals surface area contributed by atoms with Crippen molar-refractivity contribution in [2.45, 2.75) is 13.1 Å². The number of benzene rings is 1. The van der Waals surface area contributed by atoms with Crippen LogP contribution in [0, 0.1) is 5.82 Å². The summed E-state index contributed by atoms with van der Waals surface area (Å²) >= 11 is 0. The Kier molecular flexibility index (Phi) is 2.66. The molecule has 0 saturated carbocycles. The molecule has 2 aromatic rings. The largest absolute Gasteiger partial charge is 0.396 e. The van der Waals surface area contributed by atoms with E-state index in [0.717, 1.165) is 5.82 Å². The molecule has 6 nitrogen and oxygen atoms in total. The zero-order valence-corrected chi connectivity index (χ0v) is 10.1. The average molecular weight is 261 g/mol. The first-order valence-electron chi connectivity index (χ1n) is 5.87. The first kappa shape index (κ1) is 11.6. The van der Waals surface area contributed by atoms with Crippen LogP contribution in [0.2, 0.25) is 0 Å². The van der Waals surface area contributed by atoms with Crippen molar-refractivity contribution in [1.82, 2.24) is 19.7 Å². The van der Waals surface area contributed by atoms with E-state index in [9.17, 15) is 9.18 Å². The quantitative estimate of drug-likeness (QED) is 0.765. The van der Waals surface area contributed by atoms with Gasteiger partial charge in [0.1, 0.15) is 12.1 Å². The number of halogens is 1. The van der Waals surface area contributed by atoms with Crippen molar-refractivity contribution in [2.75, 3.05) is 12.3 Å². The molecule has 1 aliphatic rings. The molecule has 0 aliphatic carbocycles. The Morgan fingerprint density at radius 1 is 1.37 bits per heavy atom. The van der Waals surface area contributed by atoms with Crippen LogP contribution in [0.1, 0.15) is 16.2 Å². The smallest absolute Gasteiger partial charge is 0.256 e. The Morgan fingerprint density at radius 3 is 3.05 bits per heavy atom. The van der Waals surface area contributed by atoms with Gasteiger partial charge >= 0.3 is 0 Å². The van der Waals surface area contributed by atoms with E-state index in [-0.39, 0.29) is 17.2 Å². The van der Waals surface area contributed by atoms with Crippen molar-refractivity contribution >= 4 is 11.6 Å². The van der Waals surface area contributed by atoms with Gasteiger partial charge < -0.3 is 15.2 Å². The number of carbonyl (C=O) groups excluding carboxylic acids is 1. The first-order chi connectivity index (χ1) is 9.16. The van der Waals surface area contributed by atoms with Crippen LogP contribution >= 0.6 is 0 Å². The molecule has 0 bridgehead atoms. The number of nitrogen functional groups attached to an aromatic ring is 1. The van der Waals surface area contributed by atoms with Crippen LogP contribution in [-0.2, 0) is 13.1 Å². The van der Waals surface area contributed by atoms with Gasteiger partial charge in [0.2, 0.25) is 0 Å². The third kappa shape index (κ3) is 1.92. The van der Waals surface area contributed by atoms with Crippen molar-refractivity contribution in [2.24, 2.45) is 0 Å². The molecule has 1 aliphatic heterocycles. The molecule has 3 rings (SSSR count). The molecule has 1 aromatic heterocycles. The number of anilines is 1. The number of hydrogen-bond acceptors (Lipinski definition) is 4. The van der Waals surface area contributed by atoms with Crippen molar-refractivity contribution < 1.29 is 9.18 Å². The molecule has 1 amide bonds. The molecule has 0 saturated heterocycles. The highest BCUT2D eigenvalue weighted by molar-refractivity contribution is 5.99. The minimum Gasteiger partial charge on any atom is -0.396 e. The maximum absolute atomic E-state index is 13.4. The average Bonchev–Trinajstić information content (AvgIpc) is 2.88. The minimum absolute atomic E-state index is 0.112. The number of para-hydroxylation sites is 1. The van der Waals surface area contributed by atoms with Crippen LogP contribution in [0.25, 0.3) is 0 Å². The molecule has 0 atom stereocenters. The van der Waals surface area contributed by atoms with E-state index in [1.165, 1.54) is 18.2 Å². The highest BCUT2D eigenvalue weighted by atomic mass is 19.1. The molecule has 7 heteroatoms. The molecule has 2 heterocycles. The Morgan fingerprint density at radius 2 is 2.21 bits per heavy atom. The molecule has 1 aromatic carbocycles. The van der Waals surface area contributed by atoms with E-state index >= 15 is 0 Å². The van der Waals surface area contributed by atoms with Gasteiger partial charge in [0.05, 0.1) is 17.8 Å². The number of fused-ring (bicyclic) bond motifs is 1. The fourth-order valence-electron chi connectivity index (χ4n) is 2.13. The second kappa shape index (κ2) is 4.34. The Hall–Kier alpha value is -2.44. The van der Waals surface area contributed by atoms with Gasteiger partial charge in [-0.2, -0.15) is 0 Å². The van der Waals surface area contributed by atoms with Crippen LogP contribution < -0.4 is 5.73 Å². The van der Waals surface area contributed by atoms with E-state index < -0.39 is 5.82 Å². The number of nitrogens with two attached hydrogens (primary N) is 1. The molecule has 2 N–H and O–H groups in total. The number of carbonyl (C=O) groups is 1. The van der Waals surface area contributed by atoms with Gasteiger partial charge in [-0.25, -0.2) is 4.39 Å². The van der Waals surface area contributed by atoms with E-state index in [1.807, 2.05) is 4.57 Å². The van der Waals surface area contributed by atoms with E-state index in [2.05, 4.69) is 10.2 Å². The van der Waals surface area contributed by atoms with Gasteiger partial charge in [0, 0.05) is 13.1 Å². The van der Waals surface area contributed by atoms with Gasteiger partial charge in [-0.15, -0.1) is 10.2 Å². The van der Waals surface area contributed by atoms with Gasteiger partial charge in [0.25, 0.3) is 5.91 Å². The number of hydrogen-bond donors (Lipinski definition) is 1. The van der Waals surface area contributed by atoms with Gasteiger partial charge in [-0.3, -0.25) is 4.79 Å². The predicted molar refractivity (Wildman–Crippen MR) is 65.6 cm³/mol. The zero-order chi connectivity index (χ0) is 13.4. The molecule has 0 radical (unpaired) electrons. The maximum Gasteiger partial charge on any atom is 0.256 e. The summed E-state index contributed by atoms with van der Waals surface area (Å²) in [7, 11) is 0. The lowest BCUT2D eigenvalue weighted by molar-refractivity contribution is 0.0708. The number of rotatable bonds is 1.